The molecule has 0 radical (unpaired) electrons. The predicted molar refractivity (Wildman–Crippen MR) is 89.7 cm³/mol. The first kappa shape index (κ1) is 16.6. The van der Waals surface area contributed by atoms with Gasteiger partial charge in [0.1, 0.15) is 0 Å². The van der Waals surface area contributed by atoms with Crippen molar-refractivity contribution in [2.24, 2.45) is 0 Å². The number of hydrogen-bond acceptors (Lipinski definition) is 4. The number of nitrogens with one attached hydrogen (secondary N) is 1. The lowest BCUT2D eigenvalue weighted by atomic mass is 10.2. The molecule has 21 heavy (non-hydrogen) atoms. The third-order valence-corrected chi connectivity index (χ3v) is 5.11. The average Bonchev–Trinajstić information content (AvgIpc) is 2.41. The number of nitrogens with zero attached hydrogens (tertiary/aromatic N) is 1. The third-order valence-electron chi connectivity index (χ3n) is 2.86. The maximum absolute atomic E-state index is 11.4. The standard InChI is InChI=1S/C14H14Br2N2O2S/c1-21(19,20)12-4-2-10(3-5-12)7-17-9-14-13(16)6-11(15)8-18-14/h2-6,8,17H,7,9H2,1H3. The summed E-state index contributed by atoms with van der Waals surface area (Å²) < 4.78 is 24.6. The Balaban J connectivity index is 1.94. The van der Waals surface area contributed by atoms with Crippen molar-refractivity contribution in [1.29, 1.82) is 0 Å². The van der Waals surface area contributed by atoms with Crippen molar-refractivity contribution in [3.05, 3.63) is 56.7 Å². The van der Waals surface area contributed by atoms with Gasteiger partial charge in [-0.15, -0.1) is 0 Å². The Kier molecular flexibility index (Phi) is 5.54. The lowest BCUT2D eigenvalue weighted by Gasteiger charge is -2.07. The van der Waals surface area contributed by atoms with Gasteiger partial charge in [-0.2, -0.15) is 0 Å². The van der Waals surface area contributed by atoms with Crippen molar-refractivity contribution in [3.63, 3.8) is 0 Å². The van der Waals surface area contributed by atoms with Crippen LogP contribution in [-0.4, -0.2) is 19.7 Å². The van der Waals surface area contributed by atoms with Crippen LogP contribution < -0.4 is 5.32 Å². The third kappa shape index (κ3) is 4.88. The monoisotopic (exact) mass is 432 g/mol. The second kappa shape index (κ2) is 7.00. The molecule has 0 bridgehead atoms. The topological polar surface area (TPSA) is 59.1 Å². The minimum absolute atomic E-state index is 0.337. The van der Waals surface area contributed by atoms with E-state index < -0.39 is 9.84 Å². The molecule has 112 valence electrons. The van der Waals surface area contributed by atoms with Crippen LogP contribution in [0.15, 0.2) is 50.4 Å². The lowest BCUT2D eigenvalue weighted by molar-refractivity contribution is 0.601. The fourth-order valence-corrected chi connectivity index (χ4v) is 3.51. The van der Waals surface area contributed by atoms with Crippen LogP contribution in [-0.2, 0) is 22.9 Å². The molecule has 0 saturated heterocycles. The van der Waals surface area contributed by atoms with Gasteiger partial charge in [0.25, 0.3) is 0 Å². The van der Waals surface area contributed by atoms with Crippen LogP contribution in [0.3, 0.4) is 0 Å². The molecule has 1 heterocycles. The Hall–Kier alpha value is -0.760. The molecule has 0 atom stereocenters. The molecular formula is C14H14Br2N2O2S. The largest absolute Gasteiger partial charge is 0.307 e. The van der Waals surface area contributed by atoms with E-state index in [0.717, 1.165) is 20.2 Å². The van der Waals surface area contributed by atoms with Gasteiger partial charge in [0.2, 0.25) is 0 Å². The summed E-state index contributed by atoms with van der Waals surface area (Å²) in [5.74, 6) is 0. The van der Waals surface area contributed by atoms with Gasteiger partial charge in [-0.25, -0.2) is 8.42 Å². The summed E-state index contributed by atoms with van der Waals surface area (Å²) in [5.41, 5.74) is 1.95. The van der Waals surface area contributed by atoms with Crippen molar-refractivity contribution in [2.75, 3.05) is 6.26 Å². The van der Waals surface area contributed by atoms with Crippen LogP contribution in [0, 0.1) is 0 Å². The van der Waals surface area contributed by atoms with Crippen LogP contribution in [0.1, 0.15) is 11.3 Å². The smallest absolute Gasteiger partial charge is 0.175 e. The normalized spacial score (nSPS) is 11.6. The number of aromatic nitrogens is 1. The Morgan fingerprint density at radius 3 is 2.38 bits per heavy atom. The fraction of sp³-hybridized carbons (Fsp3) is 0.214. The fourth-order valence-electron chi connectivity index (χ4n) is 1.75. The van der Waals surface area contributed by atoms with E-state index in [4.69, 9.17) is 0 Å². The second-order valence-corrected chi connectivity index (χ2v) is 8.39. The Morgan fingerprint density at radius 2 is 1.81 bits per heavy atom. The second-order valence-electron chi connectivity index (χ2n) is 4.60. The number of halogens is 2. The van der Waals surface area contributed by atoms with Gasteiger partial charge in [-0.05, 0) is 55.6 Å². The zero-order chi connectivity index (χ0) is 15.5. The molecule has 0 fully saturated rings. The van der Waals surface area contributed by atoms with Crippen molar-refractivity contribution in [3.8, 4) is 0 Å². The summed E-state index contributed by atoms with van der Waals surface area (Å²) in [7, 11) is -3.13. The highest BCUT2D eigenvalue weighted by atomic mass is 79.9. The zero-order valence-corrected chi connectivity index (χ0v) is 15.3. The summed E-state index contributed by atoms with van der Waals surface area (Å²) in [6.07, 6.45) is 2.96. The average molecular weight is 434 g/mol. The molecule has 0 unspecified atom stereocenters. The Labute approximate surface area is 141 Å². The van der Waals surface area contributed by atoms with Crippen molar-refractivity contribution in [1.82, 2.24) is 10.3 Å². The van der Waals surface area contributed by atoms with Crippen molar-refractivity contribution in [2.45, 2.75) is 18.0 Å². The Bertz CT molecular complexity index is 731. The summed E-state index contributed by atoms with van der Waals surface area (Å²) in [4.78, 5) is 4.66. The molecular weight excluding hydrogens is 420 g/mol. The minimum Gasteiger partial charge on any atom is -0.307 e. The van der Waals surface area contributed by atoms with Crippen LogP contribution in [0.2, 0.25) is 0 Å². The SMILES string of the molecule is CS(=O)(=O)c1ccc(CNCc2ncc(Br)cc2Br)cc1. The van der Waals surface area contributed by atoms with Gasteiger partial charge >= 0.3 is 0 Å². The van der Waals surface area contributed by atoms with E-state index >= 15 is 0 Å². The maximum Gasteiger partial charge on any atom is 0.175 e. The number of hydrogen-bond donors (Lipinski definition) is 1. The van der Waals surface area contributed by atoms with Crippen LogP contribution in [0.25, 0.3) is 0 Å². The zero-order valence-electron chi connectivity index (χ0n) is 11.3. The molecule has 0 aliphatic heterocycles. The van der Waals surface area contributed by atoms with Crippen molar-refractivity contribution < 1.29 is 8.42 Å². The molecule has 4 nitrogen and oxygen atoms in total. The number of rotatable bonds is 5. The summed E-state index contributed by atoms with van der Waals surface area (Å²) in [6, 6.07) is 8.83. The number of sulfone groups is 1. The van der Waals surface area contributed by atoms with Gasteiger partial charge < -0.3 is 5.32 Å². The molecule has 0 amide bonds. The first-order valence-corrected chi connectivity index (χ1v) is 9.63. The van der Waals surface area contributed by atoms with Gasteiger partial charge in [-0.1, -0.05) is 12.1 Å². The van der Waals surface area contributed by atoms with Crippen LogP contribution >= 0.6 is 31.9 Å². The molecule has 7 heteroatoms. The molecule has 2 aromatic rings. The number of benzene rings is 1. The van der Waals surface area contributed by atoms with Gasteiger partial charge in [-0.3, -0.25) is 4.98 Å². The predicted octanol–water partition coefficient (Wildman–Crippen LogP) is 3.30. The van der Waals surface area contributed by atoms with Crippen LogP contribution in [0.5, 0.6) is 0 Å². The van der Waals surface area contributed by atoms with Gasteiger partial charge in [0.05, 0.1) is 10.6 Å². The van der Waals surface area contributed by atoms with Crippen LogP contribution in [0.4, 0.5) is 0 Å². The molecule has 0 aliphatic carbocycles. The Morgan fingerprint density at radius 1 is 1.14 bits per heavy atom. The molecule has 2 rings (SSSR count). The lowest BCUT2D eigenvalue weighted by Crippen LogP contribution is -2.14. The molecule has 1 aromatic carbocycles. The van der Waals surface area contributed by atoms with E-state index in [9.17, 15) is 8.42 Å². The van der Waals surface area contributed by atoms with E-state index in [-0.39, 0.29) is 0 Å². The van der Waals surface area contributed by atoms with Crippen molar-refractivity contribution >= 4 is 41.7 Å². The summed E-state index contributed by atoms with van der Waals surface area (Å²) in [5, 5.41) is 3.28. The van der Waals surface area contributed by atoms with Gasteiger partial charge in [0.15, 0.2) is 9.84 Å². The molecule has 1 N–H and O–H groups in total. The van der Waals surface area contributed by atoms with E-state index in [1.54, 1.807) is 18.3 Å². The van der Waals surface area contributed by atoms with E-state index in [1.165, 1.54) is 6.26 Å². The highest BCUT2D eigenvalue weighted by molar-refractivity contribution is 9.11. The van der Waals surface area contributed by atoms with E-state index in [1.807, 2.05) is 18.2 Å². The first-order valence-electron chi connectivity index (χ1n) is 6.16. The highest BCUT2D eigenvalue weighted by Crippen LogP contribution is 2.19. The van der Waals surface area contributed by atoms with Gasteiger partial charge in [0, 0.05) is 34.5 Å². The molecule has 0 aliphatic rings. The quantitative estimate of drug-likeness (QED) is 0.785. The van der Waals surface area contributed by atoms with E-state index in [2.05, 4.69) is 42.2 Å². The summed E-state index contributed by atoms with van der Waals surface area (Å²) >= 11 is 6.83. The summed E-state index contributed by atoms with van der Waals surface area (Å²) in [6.45, 7) is 1.27. The molecule has 0 saturated carbocycles. The minimum atomic E-state index is -3.13. The maximum atomic E-state index is 11.4. The molecule has 0 spiro atoms. The number of pyridine rings is 1. The first-order chi connectivity index (χ1) is 9.86. The highest BCUT2D eigenvalue weighted by Gasteiger charge is 2.06. The van der Waals surface area contributed by atoms with E-state index in [0.29, 0.717) is 18.0 Å². The molecule has 1 aromatic heterocycles.